The molecule has 0 aromatic carbocycles. The van der Waals surface area contributed by atoms with Gasteiger partial charge in [-0.3, -0.25) is 4.79 Å². The maximum atomic E-state index is 13.5. The van der Waals surface area contributed by atoms with Crippen LogP contribution in [-0.2, 0) is 4.79 Å². The fraction of sp³-hybridized carbons (Fsp3) is 0.960. The van der Waals surface area contributed by atoms with Crippen LogP contribution >= 0.6 is 0 Å². The molecule has 1 aliphatic carbocycles. The summed E-state index contributed by atoms with van der Waals surface area (Å²) < 4.78 is 1.12. The van der Waals surface area contributed by atoms with Gasteiger partial charge < -0.3 is 9.80 Å². The van der Waals surface area contributed by atoms with Gasteiger partial charge in [0.1, 0.15) is 0 Å². The van der Waals surface area contributed by atoms with Crippen LogP contribution in [0, 0.1) is 11.3 Å². The van der Waals surface area contributed by atoms with Gasteiger partial charge in [0.15, 0.2) is 6.04 Å². The molecule has 3 fully saturated rings. The van der Waals surface area contributed by atoms with Crippen LogP contribution in [0.5, 0.6) is 0 Å². The summed E-state index contributed by atoms with van der Waals surface area (Å²) >= 11 is 0. The molecule has 3 heteroatoms. The molecule has 1 spiro atoms. The molecule has 28 heavy (non-hydrogen) atoms. The number of hydrogen-bond donors (Lipinski definition) is 1. The van der Waals surface area contributed by atoms with Crippen molar-refractivity contribution >= 4 is 5.91 Å². The van der Waals surface area contributed by atoms with E-state index in [1.807, 2.05) is 0 Å². The Labute approximate surface area is 174 Å². The number of carbonyl (C=O) groups is 1. The Balaban J connectivity index is 1.62. The van der Waals surface area contributed by atoms with Gasteiger partial charge in [0.25, 0.3) is 5.91 Å². The summed E-state index contributed by atoms with van der Waals surface area (Å²) in [7, 11) is 0. The van der Waals surface area contributed by atoms with Crippen LogP contribution in [-0.4, -0.2) is 42.1 Å². The van der Waals surface area contributed by atoms with Crippen molar-refractivity contribution in [1.82, 2.24) is 5.32 Å². The van der Waals surface area contributed by atoms with Crippen LogP contribution in [0.15, 0.2) is 0 Å². The predicted molar refractivity (Wildman–Crippen MR) is 118 cm³/mol. The van der Waals surface area contributed by atoms with Crippen LogP contribution in [0.1, 0.15) is 111 Å². The third-order valence-electron chi connectivity index (χ3n) is 7.78. The van der Waals surface area contributed by atoms with Gasteiger partial charge in [-0.15, -0.1) is 0 Å². The number of hydrogen-bond acceptors (Lipinski definition) is 1. The Bertz CT molecular complexity index is 485. The second-order valence-corrected chi connectivity index (χ2v) is 11.5. The van der Waals surface area contributed by atoms with E-state index in [0.717, 1.165) is 16.8 Å². The third-order valence-corrected chi connectivity index (χ3v) is 7.78. The summed E-state index contributed by atoms with van der Waals surface area (Å²) in [6, 6.07) is 0.656. The van der Waals surface area contributed by atoms with Crippen molar-refractivity contribution in [2.45, 2.75) is 123 Å². The van der Waals surface area contributed by atoms with Crippen LogP contribution < -0.4 is 5.32 Å². The molecular weight excluding hydrogens is 344 g/mol. The Morgan fingerprint density at radius 1 is 0.821 bits per heavy atom. The minimum absolute atomic E-state index is 0.231. The molecule has 0 bridgehead atoms. The van der Waals surface area contributed by atoms with Crippen molar-refractivity contribution < 1.29 is 9.28 Å². The molecule has 2 saturated heterocycles. The topological polar surface area (TPSA) is 29.1 Å². The van der Waals surface area contributed by atoms with E-state index >= 15 is 0 Å². The fourth-order valence-electron chi connectivity index (χ4n) is 6.55. The molecule has 3 atom stereocenters. The second kappa shape index (κ2) is 9.96. The zero-order valence-corrected chi connectivity index (χ0v) is 19.1. The standard InChI is InChI=1S/C25H46N2O/c1-25(2,3)20-21-13-12-14-22(19-21)26-24(28)23-15-8-11-18-27(23)16-9-6-4-5-7-10-17-27/h21-23H,4-20H2,1-3H3/p+1. The molecule has 3 unspecified atom stereocenters. The van der Waals surface area contributed by atoms with Gasteiger partial charge in [-0.1, -0.05) is 46.5 Å². The lowest BCUT2D eigenvalue weighted by Gasteiger charge is -2.47. The SMILES string of the molecule is CC(C)(C)CC1CCCC(NC(=O)C2CCCC[N+]23CCCCCCCC3)C1. The van der Waals surface area contributed by atoms with E-state index in [1.54, 1.807) is 0 Å². The van der Waals surface area contributed by atoms with Gasteiger partial charge in [-0.25, -0.2) is 0 Å². The first-order valence-electron chi connectivity index (χ1n) is 12.5. The van der Waals surface area contributed by atoms with E-state index in [4.69, 9.17) is 0 Å². The number of rotatable bonds is 3. The fourth-order valence-corrected chi connectivity index (χ4v) is 6.55. The quantitative estimate of drug-likeness (QED) is 0.603. The lowest BCUT2D eigenvalue weighted by molar-refractivity contribution is -0.947. The summed E-state index contributed by atoms with van der Waals surface area (Å²) in [4.78, 5) is 13.5. The van der Waals surface area contributed by atoms with Crippen molar-refractivity contribution in [3.8, 4) is 0 Å². The highest BCUT2D eigenvalue weighted by atomic mass is 16.2. The van der Waals surface area contributed by atoms with Crippen LogP contribution in [0.3, 0.4) is 0 Å². The summed E-state index contributed by atoms with van der Waals surface area (Å²) in [5.41, 5.74) is 0.401. The van der Waals surface area contributed by atoms with E-state index in [9.17, 15) is 4.79 Å². The zero-order chi connectivity index (χ0) is 20.0. The predicted octanol–water partition coefficient (Wildman–Crippen LogP) is 5.82. The van der Waals surface area contributed by atoms with Crippen LogP contribution in [0.4, 0.5) is 0 Å². The molecule has 1 N–H and O–H groups in total. The van der Waals surface area contributed by atoms with Crippen LogP contribution in [0.25, 0.3) is 0 Å². The lowest BCUT2D eigenvalue weighted by atomic mass is 9.76. The first-order valence-corrected chi connectivity index (χ1v) is 12.5. The average Bonchev–Trinajstić information content (AvgIpc) is 2.74. The van der Waals surface area contributed by atoms with Gasteiger partial charge in [-0.2, -0.15) is 0 Å². The zero-order valence-electron chi connectivity index (χ0n) is 19.1. The van der Waals surface area contributed by atoms with Gasteiger partial charge in [0.2, 0.25) is 0 Å². The minimum atomic E-state index is 0.231. The van der Waals surface area contributed by atoms with Gasteiger partial charge in [0.05, 0.1) is 19.6 Å². The van der Waals surface area contributed by atoms with Gasteiger partial charge in [-0.05, 0) is 69.1 Å². The van der Waals surface area contributed by atoms with Gasteiger partial charge >= 0.3 is 0 Å². The van der Waals surface area contributed by atoms with E-state index in [-0.39, 0.29) is 6.04 Å². The number of piperidine rings is 1. The van der Waals surface area contributed by atoms with E-state index in [0.29, 0.717) is 17.4 Å². The van der Waals surface area contributed by atoms with Crippen molar-refractivity contribution in [3.63, 3.8) is 0 Å². The molecular formula is C25H47N2O+. The first kappa shape index (κ1) is 22.1. The average molecular weight is 392 g/mol. The lowest BCUT2D eigenvalue weighted by Crippen LogP contribution is -2.64. The number of quaternary nitrogens is 1. The maximum Gasteiger partial charge on any atom is 0.278 e. The smallest absolute Gasteiger partial charge is 0.278 e. The summed E-state index contributed by atoms with van der Waals surface area (Å²) in [6.45, 7) is 10.8. The van der Waals surface area contributed by atoms with Crippen molar-refractivity contribution in [3.05, 3.63) is 0 Å². The van der Waals surface area contributed by atoms with E-state index < -0.39 is 0 Å². The molecule has 2 aliphatic heterocycles. The number of carbonyl (C=O) groups excluding carboxylic acids is 1. The third kappa shape index (κ3) is 6.21. The highest BCUT2D eigenvalue weighted by Crippen LogP contribution is 2.35. The number of nitrogens with zero attached hydrogens (tertiary/aromatic N) is 1. The number of amides is 1. The molecule has 0 aromatic heterocycles. The Morgan fingerprint density at radius 2 is 1.43 bits per heavy atom. The highest BCUT2D eigenvalue weighted by Gasteiger charge is 2.43. The molecule has 3 aliphatic rings. The molecule has 1 amide bonds. The molecule has 3 nitrogen and oxygen atoms in total. The van der Waals surface area contributed by atoms with Gasteiger partial charge in [0, 0.05) is 12.5 Å². The van der Waals surface area contributed by atoms with E-state index in [1.165, 1.54) is 103 Å². The maximum absolute atomic E-state index is 13.5. The first-order chi connectivity index (χ1) is 13.4. The largest absolute Gasteiger partial charge is 0.348 e. The van der Waals surface area contributed by atoms with Crippen LogP contribution in [0.2, 0.25) is 0 Å². The van der Waals surface area contributed by atoms with E-state index in [2.05, 4.69) is 26.1 Å². The summed E-state index contributed by atoms with van der Waals surface area (Å²) in [5.74, 6) is 1.19. The Kier molecular flexibility index (Phi) is 7.87. The molecule has 2 heterocycles. The van der Waals surface area contributed by atoms with Crippen molar-refractivity contribution in [2.24, 2.45) is 11.3 Å². The molecule has 3 rings (SSSR count). The van der Waals surface area contributed by atoms with Crippen molar-refractivity contribution in [2.75, 3.05) is 19.6 Å². The molecule has 0 aromatic rings. The Hall–Kier alpha value is -0.570. The molecule has 0 radical (unpaired) electrons. The molecule has 1 saturated carbocycles. The monoisotopic (exact) mass is 391 g/mol. The summed E-state index contributed by atoms with van der Waals surface area (Å²) in [6.07, 6.45) is 18.2. The normalized spacial score (nSPS) is 32.2. The van der Waals surface area contributed by atoms with Crippen molar-refractivity contribution in [1.29, 1.82) is 0 Å². The highest BCUT2D eigenvalue weighted by molar-refractivity contribution is 5.81. The Morgan fingerprint density at radius 3 is 2.07 bits per heavy atom. The second-order valence-electron chi connectivity index (χ2n) is 11.5. The molecule has 162 valence electrons. The number of nitrogens with one attached hydrogen (secondary N) is 1. The summed E-state index contributed by atoms with van der Waals surface area (Å²) in [5, 5.41) is 3.57. The minimum Gasteiger partial charge on any atom is -0.348 e.